The lowest BCUT2D eigenvalue weighted by atomic mass is 10.1. The highest BCUT2D eigenvalue weighted by molar-refractivity contribution is 6.05. The molecule has 4 atom stereocenters. The van der Waals surface area contributed by atoms with Crippen LogP contribution in [0.3, 0.4) is 0 Å². The second-order valence-corrected chi connectivity index (χ2v) is 19.1. The van der Waals surface area contributed by atoms with Gasteiger partial charge in [0.15, 0.2) is 23.1 Å². The molecule has 18 nitrogen and oxygen atoms in total. The fraction of sp³-hybridized carbons (Fsp3) is 0.333. The average Bonchev–Trinajstić information content (AvgIpc) is 4.05. The zero-order valence-electron chi connectivity index (χ0n) is 43.0. The Bertz CT molecular complexity index is 3060. The van der Waals surface area contributed by atoms with Crippen molar-refractivity contribution in [2.45, 2.75) is 86.7 Å². The molecule has 392 valence electrons. The number of fused-ring (bicyclic) bond motifs is 4. The lowest BCUT2D eigenvalue weighted by Gasteiger charge is -2.19. The SMILES string of the molecule is CC1Cc2c(OC(=O)OC(C)(C)C)cccc2C1=O.CC1Cc2c(OC(=O)c3ccc([N+](=O)[O-])cc3)cccc2C1=O.CCOC(=O)Oc1cccc2c1CC(C)C2=O.COC(=O)Oc1cccc2c1CC(C)C2=O. The fourth-order valence-corrected chi connectivity index (χ4v) is 8.68. The van der Waals surface area contributed by atoms with Gasteiger partial charge in [-0.2, -0.15) is 0 Å². The molecule has 4 aliphatic carbocycles. The summed E-state index contributed by atoms with van der Waals surface area (Å²) in [6.45, 7) is 14.7. The van der Waals surface area contributed by atoms with Crippen molar-refractivity contribution in [1.29, 1.82) is 0 Å². The van der Waals surface area contributed by atoms with Crippen LogP contribution in [0.15, 0.2) is 97.1 Å². The van der Waals surface area contributed by atoms with Crippen LogP contribution in [0.2, 0.25) is 0 Å². The van der Waals surface area contributed by atoms with Gasteiger partial charge in [-0.1, -0.05) is 76.2 Å². The van der Waals surface area contributed by atoms with Gasteiger partial charge < -0.3 is 33.2 Å². The maximum atomic E-state index is 12.2. The van der Waals surface area contributed by atoms with Crippen molar-refractivity contribution < 1.29 is 76.4 Å². The van der Waals surface area contributed by atoms with Crippen LogP contribution in [-0.2, 0) is 39.9 Å². The Morgan fingerprint density at radius 2 is 0.853 bits per heavy atom. The van der Waals surface area contributed by atoms with Crippen LogP contribution < -0.4 is 18.9 Å². The number of hydrogen-bond acceptors (Lipinski definition) is 17. The maximum Gasteiger partial charge on any atom is 0.514 e. The molecular formula is C57H57NO17. The van der Waals surface area contributed by atoms with Gasteiger partial charge in [0.1, 0.15) is 28.6 Å². The number of Topliss-reactive ketones (excluding diaryl/α,β-unsaturated/α-hetero) is 4. The van der Waals surface area contributed by atoms with E-state index in [1.165, 1.54) is 31.4 Å². The van der Waals surface area contributed by atoms with Crippen molar-refractivity contribution in [3.63, 3.8) is 0 Å². The summed E-state index contributed by atoms with van der Waals surface area (Å²) < 4.78 is 34.9. The number of nitro groups is 1. The van der Waals surface area contributed by atoms with E-state index in [0.717, 1.165) is 22.3 Å². The second-order valence-electron chi connectivity index (χ2n) is 19.1. The minimum absolute atomic E-state index is 0.0441. The Kier molecular flexibility index (Phi) is 17.8. The second kappa shape index (κ2) is 24.0. The van der Waals surface area contributed by atoms with Crippen molar-refractivity contribution in [3.8, 4) is 23.0 Å². The highest BCUT2D eigenvalue weighted by Gasteiger charge is 2.34. The molecule has 0 aromatic heterocycles. The van der Waals surface area contributed by atoms with Crippen LogP contribution in [0.25, 0.3) is 0 Å². The molecule has 4 aliphatic rings. The number of non-ortho nitro benzene ring substituents is 1. The molecule has 0 saturated heterocycles. The molecule has 5 aromatic rings. The molecule has 0 radical (unpaired) electrons. The molecule has 0 aliphatic heterocycles. The summed E-state index contributed by atoms with van der Waals surface area (Å²) in [4.78, 5) is 104. The summed E-state index contributed by atoms with van der Waals surface area (Å²) in [5.41, 5.74) is 5.19. The predicted octanol–water partition coefficient (Wildman–Crippen LogP) is 11.4. The summed E-state index contributed by atoms with van der Waals surface area (Å²) >= 11 is 0. The molecule has 0 heterocycles. The summed E-state index contributed by atoms with van der Waals surface area (Å²) in [5.74, 6) is 1.11. The number of ketones is 4. The minimum atomic E-state index is -0.764. The van der Waals surface area contributed by atoms with Crippen LogP contribution >= 0.6 is 0 Å². The lowest BCUT2D eigenvalue weighted by molar-refractivity contribution is -0.384. The number of ether oxygens (including phenoxy) is 7. The van der Waals surface area contributed by atoms with Crippen molar-refractivity contribution in [2.75, 3.05) is 13.7 Å². The molecule has 0 spiro atoms. The molecule has 0 bridgehead atoms. The first kappa shape index (κ1) is 55.8. The van der Waals surface area contributed by atoms with Gasteiger partial charge in [-0.05, 0) is 89.8 Å². The van der Waals surface area contributed by atoms with E-state index in [-0.39, 0.29) is 64.7 Å². The van der Waals surface area contributed by atoms with E-state index in [4.69, 9.17) is 28.4 Å². The number of methoxy groups -OCH3 is 1. The van der Waals surface area contributed by atoms with Gasteiger partial charge in [-0.25, -0.2) is 19.2 Å². The van der Waals surface area contributed by atoms with Crippen LogP contribution in [0.1, 0.15) is 129 Å². The average molecular weight is 1030 g/mol. The third-order valence-electron chi connectivity index (χ3n) is 12.3. The van der Waals surface area contributed by atoms with Gasteiger partial charge in [0.05, 0.1) is 24.2 Å². The zero-order valence-corrected chi connectivity index (χ0v) is 43.0. The predicted molar refractivity (Wildman–Crippen MR) is 270 cm³/mol. The number of hydrogen-bond donors (Lipinski definition) is 0. The molecule has 75 heavy (non-hydrogen) atoms. The molecule has 5 aromatic carbocycles. The first-order valence-corrected chi connectivity index (χ1v) is 24.1. The number of carbonyl (C=O) groups is 8. The van der Waals surface area contributed by atoms with Crippen LogP contribution in [-0.4, -0.2) is 71.8 Å². The molecule has 0 amide bonds. The van der Waals surface area contributed by atoms with E-state index in [1.807, 2.05) is 27.7 Å². The third kappa shape index (κ3) is 13.6. The number of esters is 1. The number of rotatable bonds is 7. The van der Waals surface area contributed by atoms with Crippen LogP contribution in [0, 0.1) is 33.8 Å². The van der Waals surface area contributed by atoms with Gasteiger partial charge in [0.2, 0.25) is 0 Å². The standard InChI is InChI=1S/C17H13NO5.C15H18O4.C13H14O4.C12H12O4/c1-10-9-14-13(16(10)19)3-2-4-15(14)23-17(20)11-5-7-12(8-6-11)18(21)22;1-9-8-11-10(13(9)16)6-5-7-12(11)18-14(17)19-15(2,3)4;1-3-16-13(15)17-11-6-4-5-9-10(11)7-8(2)12(9)14;1-7-6-9-8(11(7)13)4-3-5-10(9)16-12(14)15-2/h2-8,10H,9H2,1H3;5-7,9H,8H2,1-4H3;4-6,8H,3,7H2,1-2H3;3-5,7H,6H2,1-2H3. The highest BCUT2D eigenvalue weighted by Crippen LogP contribution is 2.37. The van der Waals surface area contributed by atoms with Crippen molar-refractivity contribution >= 4 is 53.3 Å². The maximum absolute atomic E-state index is 12.2. The van der Waals surface area contributed by atoms with Gasteiger partial charge in [0, 0.05) is 80.3 Å². The van der Waals surface area contributed by atoms with Crippen LogP contribution in [0.4, 0.5) is 20.1 Å². The smallest absolute Gasteiger partial charge is 0.437 e. The molecular weight excluding hydrogens is 971 g/mol. The van der Waals surface area contributed by atoms with Gasteiger partial charge >= 0.3 is 24.4 Å². The molecule has 0 saturated carbocycles. The Morgan fingerprint density at radius 3 is 1.17 bits per heavy atom. The summed E-state index contributed by atoms with van der Waals surface area (Å²) in [5, 5.41) is 10.6. The fourth-order valence-electron chi connectivity index (χ4n) is 8.68. The minimum Gasteiger partial charge on any atom is -0.437 e. The molecule has 4 unspecified atom stereocenters. The largest absolute Gasteiger partial charge is 0.514 e. The molecule has 18 heteroatoms. The normalized spacial score (nSPS) is 17.4. The van der Waals surface area contributed by atoms with Gasteiger partial charge in [0.25, 0.3) is 5.69 Å². The highest BCUT2D eigenvalue weighted by atomic mass is 16.7. The van der Waals surface area contributed by atoms with Gasteiger partial charge in [-0.15, -0.1) is 0 Å². The van der Waals surface area contributed by atoms with Gasteiger partial charge in [-0.3, -0.25) is 29.3 Å². The number of nitro benzene ring substituents is 1. The van der Waals surface area contributed by atoms with E-state index in [1.54, 1.807) is 100 Å². The summed E-state index contributed by atoms with van der Waals surface area (Å²) in [6.07, 6.45) is 0.136. The Morgan fingerprint density at radius 1 is 0.520 bits per heavy atom. The van der Waals surface area contributed by atoms with Crippen LogP contribution in [0.5, 0.6) is 23.0 Å². The number of nitrogens with zero attached hydrogens (tertiary/aromatic N) is 1. The summed E-state index contributed by atoms with van der Waals surface area (Å²) in [6, 6.07) is 25.7. The van der Waals surface area contributed by atoms with E-state index >= 15 is 0 Å². The van der Waals surface area contributed by atoms with E-state index in [9.17, 15) is 48.5 Å². The number of carbonyl (C=O) groups excluding carboxylic acids is 8. The monoisotopic (exact) mass is 1030 g/mol. The Hall–Kier alpha value is -8.54. The molecule has 0 fully saturated rings. The topological polar surface area (TPSA) is 244 Å². The van der Waals surface area contributed by atoms with Crippen molar-refractivity contribution in [3.05, 3.63) is 157 Å². The van der Waals surface area contributed by atoms with Crippen molar-refractivity contribution in [1.82, 2.24) is 0 Å². The molecule has 9 rings (SSSR count). The zero-order chi connectivity index (χ0) is 54.9. The summed E-state index contributed by atoms with van der Waals surface area (Å²) in [7, 11) is 1.25. The Labute approximate surface area is 432 Å². The first-order valence-electron chi connectivity index (χ1n) is 24.1. The van der Waals surface area contributed by atoms with E-state index in [0.29, 0.717) is 70.9 Å². The Balaban J connectivity index is 0.000000164. The first-order chi connectivity index (χ1) is 35.5. The quantitative estimate of drug-likeness (QED) is 0.0367. The van der Waals surface area contributed by atoms with E-state index < -0.39 is 35.0 Å². The molecule has 0 N–H and O–H groups in total. The third-order valence-corrected chi connectivity index (χ3v) is 12.3. The number of benzene rings is 5. The lowest BCUT2D eigenvalue weighted by Crippen LogP contribution is -2.26. The van der Waals surface area contributed by atoms with E-state index in [2.05, 4.69) is 4.74 Å². The van der Waals surface area contributed by atoms with Crippen molar-refractivity contribution in [2.24, 2.45) is 23.7 Å².